The zero-order chi connectivity index (χ0) is 18.5. The first kappa shape index (κ1) is 17.8. The summed E-state index contributed by atoms with van der Waals surface area (Å²) in [7, 11) is 1.47. The summed E-state index contributed by atoms with van der Waals surface area (Å²) in [6.45, 7) is 5.51. The van der Waals surface area contributed by atoms with Crippen LogP contribution in [0.25, 0.3) is 10.4 Å². The fourth-order valence-corrected chi connectivity index (χ4v) is 4.46. The molecule has 0 fully saturated rings. The molecule has 1 N–H and O–H groups in total. The van der Waals surface area contributed by atoms with Gasteiger partial charge in [-0.25, -0.2) is 4.79 Å². The number of halogens is 1. The van der Waals surface area contributed by atoms with Gasteiger partial charge >= 0.3 is 6.09 Å². The molecule has 0 bridgehead atoms. The van der Waals surface area contributed by atoms with Crippen molar-refractivity contribution in [1.82, 2.24) is 4.90 Å². The van der Waals surface area contributed by atoms with Gasteiger partial charge < -0.3 is 9.84 Å². The molecule has 0 aliphatic carbocycles. The minimum absolute atomic E-state index is 0.0515. The van der Waals surface area contributed by atoms with Gasteiger partial charge in [0.05, 0.1) is 9.90 Å². The predicted molar refractivity (Wildman–Crippen MR) is 98.2 cm³/mol. The smallest absolute Gasteiger partial charge is 0.409 e. The molecular formula is C18H18ClNO4S. The molecule has 1 aromatic carbocycles. The minimum Gasteiger partial charge on any atom is -0.468 e. The number of carboxylic acid groups (broad SMARTS) is 1. The van der Waals surface area contributed by atoms with Crippen molar-refractivity contribution in [2.75, 3.05) is 7.05 Å². The number of amides is 1. The number of ether oxygens (including phenoxy) is 1. The molecule has 0 spiro atoms. The number of hydrogen-bond acceptors (Lipinski definition) is 4. The summed E-state index contributed by atoms with van der Waals surface area (Å²) in [5.41, 5.74) is 3.84. The molecule has 0 saturated heterocycles. The van der Waals surface area contributed by atoms with Gasteiger partial charge in [-0.05, 0) is 49.6 Å². The molecule has 1 aromatic heterocycles. The van der Waals surface area contributed by atoms with E-state index in [0.717, 1.165) is 36.9 Å². The fourth-order valence-electron chi connectivity index (χ4n) is 2.98. The summed E-state index contributed by atoms with van der Waals surface area (Å²) in [5.74, 6) is 0.580. The third-order valence-electron chi connectivity index (χ3n) is 4.53. The Kier molecular flexibility index (Phi) is 4.51. The average Bonchev–Trinajstić information content (AvgIpc) is 3.09. The highest BCUT2D eigenvalue weighted by Crippen LogP contribution is 2.43. The number of Topliss-reactive ketones (excluding diaryl/α,β-unsaturated/α-hetero) is 1. The van der Waals surface area contributed by atoms with Crippen LogP contribution in [0.2, 0.25) is 5.02 Å². The molecule has 132 valence electrons. The van der Waals surface area contributed by atoms with Crippen molar-refractivity contribution >= 4 is 34.8 Å². The first-order chi connectivity index (χ1) is 11.7. The van der Waals surface area contributed by atoms with Crippen LogP contribution in [0.3, 0.4) is 0 Å². The normalized spacial score (nSPS) is 15.6. The molecule has 1 unspecified atom stereocenters. The Morgan fingerprint density at radius 1 is 1.32 bits per heavy atom. The van der Waals surface area contributed by atoms with Crippen molar-refractivity contribution in [2.45, 2.75) is 33.4 Å². The van der Waals surface area contributed by atoms with Crippen LogP contribution < -0.4 is 4.74 Å². The first-order valence-corrected chi connectivity index (χ1v) is 8.96. The highest BCUT2D eigenvalue weighted by atomic mass is 35.5. The van der Waals surface area contributed by atoms with Gasteiger partial charge in [0.2, 0.25) is 0 Å². The van der Waals surface area contributed by atoms with E-state index >= 15 is 0 Å². The maximum Gasteiger partial charge on any atom is 0.409 e. The highest BCUT2D eigenvalue weighted by molar-refractivity contribution is 7.17. The molecule has 1 amide bonds. The van der Waals surface area contributed by atoms with Crippen molar-refractivity contribution in [2.24, 2.45) is 0 Å². The summed E-state index contributed by atoms with van der Waals surface area (Å²) >= 11 is 7.84. The van der Waals surface area contributed by atoms with Gasteiger partial charge in [0.15, 0.2) is 12.0 Å². The number of ketones is 1. The standard InChI is InChI=1S/C18H18ClNO4S/c1-8-9(2)17(25-16(8)10(3)21)12-5-11-7-14(20(4)18(22)23)24-15(11)13(19)6-12/h5-6,14H,7H2,1-4H3,(H,22,23). The lowest BCUT2D eigenvalue weighted by molar-refractivity contribution is 0.0608. The van der Waals surface area contributed by atoms with Gasteiger partial charge in [0.1, 0.15) is 5.75 Å². The molecule has 25 heavy (non-hydrogen) atoms. The van der Waals surface area contributed by atoms with E-state index in [1.165, 1.54) is 18.4 Å². The predicted octanol–water partition coefficient (Wildman–Crippen LogP) is 4.76. The molecule has 3 rings (SSSR count). The van der Waals surface area contributed by atoms with Crippen LogP contribution in [0.15, 0.2) is 12.1 Å². The van der Waals surface area contributed by atoms with Crippen LogP contribution in [0.5, 0.6) is 5.75 Å². The van der Waals surface area contributed by atoms with Crippen LogP contribution in [-0.2, 0) is 6.42 Å². The molecule has 5 nitrogen and oxygen atoms in total. The summed E-state index contributed by atoms with van der Waals surface area (Å²) in [4.78, 5) is 25.8. The quantitative estimate of drug-likeness (QED) is 0.781. The maximum atomic E-state index is 11.8. The minimum atomic E-state index is -1.05. The maximum absolute atomic E-state index is 11.8. The summed E-state index contributed by atoms with van der Waals surface area (Å²) < 4.78 is 5.71. The number of benzene rings is 1. The first-order valence-electron chi connectivity index (χ1n) is 7.76. The largest absolute Gasteiger partial charge is 0.468 e. The molecule has 2 aromatic rings. The monoisotopic (exact) mass is 379 g/mol. The summed E-state index contributed by atoms with van der Waals surface area (Å²) in [6.07, 6.45) is -1.20. The van der Waals surface area contributed by atoms with E-state index < -0.39 is 12.3 Å². The van der Waals surface area contributed by atoms with E-state index in [0.29, 0.717) is 17.2 Å². The number of fused-ring (bicyclic) bond motifs is 1. The molecule has 2 heterocycles. The van der Waals surface area contributed by atoms with E-state index in [-0.39, 0.29) is 5.78 Å². The van der Waals surface area contributed by atoms with E-state index in [1.807, 2.05) is 26.0 Å². The van der Waals surface area contributed by atoms with E-state index in [1.54, 1.807) is 6.92 Å². The Morgan fingerprint density at radius 2 is 2.00 bits per heavy atom. The molecule has 1 aliphatic rings. The lowest BCUT2D eigenvalue weighted by Gasteiger charge is -2.20. The summed E-state index contributed by atoms with van der Waals surface area (Å²) in [6, 6.07) is 3.78. The number of carbonyl (C=O) groups excluding carboxylic acids is 1. The van der Waals surface area contributed by atoms with E-state index in [2.05, 4.69) is 0 Å². The molecule has 1 atom stereocenters. The average molecular weight is 380 g/mol. The Balaban J connectivity index is 2.02. The third-order valence-corrected chi connectivity index (χ3v) is 6.36. The molecule has 1 aliphatic heterocycles. The van der Waals surface area contributed by atoms with Gasteiger partial charge in [0, 0.05) is 23.9 Å². The topological polar surface area (TPSA) is 66.8 Å². The second-order valence-corrected chi connectivity index (χ2v) is 7.61. The van der Waals surface area contributed by atoms with Crippen LogP contribution in [0.1, 0.15) is 33.3 Å². The number of nitrogens with zero attached hydrogens (tertiary/aromatic N) is 1. The third kappa shape index (κ3) is 3.00. The van der Waals surface area contributed by atoms with Gasteiger partial charge in [-0.1, -0.05) is 11.6 Å². The van der Waals surface area contributed by atoms with Crippen LogP contribution >= 0.6 is 22.9 Å². The summed E-state index contributed by atoms with van der Waals surface area (Å²) in [5, 5.41) is 9.58. The second-order valence-electron chi connectivity index (χ2n) is 6.18. The van der Waals surface area contributed by atoms with Crippen LogP contribution in [0.4, 0.5) is 4.79 Å². The highest BCUT2D eigenvalue weighted by Gasteiger charge is 2.31. The number of rotatable bonds is 3. The molecular weight excluding hydrogens is 362 g/mol. The Bertz CT molecular complexity index is 890. The van der Waals surface area contributed by atoms with Gasteiger partial charge in [-0.3, -0.25) is 9.69 Å². The Morgan fingerprint density at radius 3 is 2.56 bits per heavy atom. The zero-order valence-corrected chi connectivity index (χ0v) is 15.9. The Hall–Kier alpha value is -2.05. The van der Waals surface area contributed by atoms with E-state index in [9.17, 15) is 9.59 Å². The van der Waals surface area contributed by atoms with Crippen LogP contribution in [-0.4, -0.2) is 35.2 Å². The SMILES string of the molecule is CC(=O)c1sc(-c2cc(Cl)c3c(c2)CC(N(C)C(=O)O)O3)c(C)c1C. The lowest BCUT2D eigenvalue weighted by Crippen LogP contribution is -2.38. The number of likely N-dealkylation sites (N-methyl/N-ethyl adjacent to an activating group) is 1. The fraction of sp³-hybridized carbons (Fsp3) is 0.333. The van der Waals surface area contributed by atoms with Gasteiger partial charge in [0.25, 0.3) is 0 Å². The van der Waals surface area contributed by atoms with Gasteiger partial charge in [-0.15, -0.1) is 11.3 Å². The number of thiophene rings is 1. The lowest BCUT2D eigenvalue weighted by atomic mass is 10.0. The van der Waals surface area contributed by atoms with Crippen molar-refractivity contribution < 1.29 is 19.4 Å². The van der Waals surface area contributed by atoms with Crippen molar-refractivity contribution in [1.29, 1.82) is 0 Å². The van der Waals surface area contributed by atoms with Crippen molar-refractivity contribution in [3.05, 3.63) is 38.7 Å². The van der Waals surface area contributed by atoms with Crippen molar-refractivity contribution in [3.8, 4) is 16.2 Å². The Labute approximate surface area is 154 Å². The van der Waals surface area contributed by atoms with Crippen LogP contribution in [0, 0.1) is 13.8 Å². The molecule has 7 heteroatoms. The van der Waals surface area contributed by atoms with Gasteiger partial charge in [-0.2, -0.15) is 0 Å². The zero-order valence-electron chi connectivity index (χ0n) is 14.3. The van der Waals surface area contributed by atoms with Crippen molar-refractivity contribution in [3.63, 3.8) is 0 Å². The van der Waals surface area contributed by atoms with E-state index in [4.69, 9.17) is 21.4 Å². The second kappa shape index (κ2) is 6.35. The molecule has 0 radical (unpaired) electrons. The number of hydrogen-bond donors (Lipinski definition) is 1. The number of carbonyl (C=O) groups is 2. The molecule has 0 saturated carbocycles.